The zero-order valence-corrected chi connectivity index (χ0v) is 23.6. The zero-order valence-electron chi connectivity index (χ0n) is 23.6. The first-order valence-corrected chi connectivity index (χ1v) is 13.8. The first-order chi connectivity index (χ1) is 15.5. The van der Waals surface area contributed by atoms with Crippen molar-refractivity contribution in [1.29, 1.82) is 0 Å². The molecule has 192 valence electrons. The number of benzene rings is 1. The Morgan fingerprint density at radius 2 is 1.45 bits per heavy atom. The predicted molar refractivity (Wildman–Crippen MR) is 145 cm³/mol. The third-order valence-electron chi connectivity index (χ3n) is 6.76. The molecule has 0 saturated heterocycles. The van der Waals surface area contributed by atoms with E-state index < -0.39 is 0 Å². The molecular formula is C31H56O2. The molecule has 0 N–H and O–H groups in total. The lowest BCUT2D eigenvalue weighted by molar-refractivity contribution is -0.0711. The SMILES string of the molecule is CC(OCCC1CCCCC1)Oc1ccc(C(CC(C)(C)C)C(C)(C)C)cc1.CCCCC. The minimum atomic E-state index is -0.192. The molecule has 1 aromatic carbocycles. The van der Waals surface area contributed by atoms with Crippen LogP contribution in [-0.4, -0.2) is 12.9 Å². The van der Waals surface area contributed by atoms with Crippen molar-refractivity contribution in [1.82, 2.24) is 0 Å². The summed E-state index contributed by atoms with van der Waals surface area (Å²) in [5.41, 5.74) is 1.96. The first kappa shape index (κ1) is 30.0. The van der Waals surface area contributed by atoms with E-state index in [4.69, 9.17) is 9.47 Å². The number of rotatable bonds is 10. The Kier molecular flexibility index (Phi) is 13.7. The van der Waals surface area contributed by atoms with Gasteiger partial charge < -0.3 is 9.47 Å². The van der Waals surface area contributed by atoms with Gasteiger partial charge in [-0.25, -0.2) is 0 Å². The average molecular weight is 461 g/mol. The van der Waals surface area contributed by atoms with Crippen molar-refractivity contribution in [3.8, 4) is 5.75 Å². The van der Waals surface area contributed by atoms with Gasteiger partial charge in [0.25, 0.3) is 0 Å². The van der Waals surface area contributed by atoms with Crippen LogP contribution < -0.4 is 4.74 Å². The molecule has 0 aliphatic heterocycles. The summed E-state index contributed by atoms with van der Waals surface area (Å²) >= 11 is 0. The van der Waals surface area contributed by atoms with Crippen LogP contribution in [0.2, 0.25) is 0 Å². The molecule has 0 spiro atoms. The largest absolute Gasteiger partial charge is 0.465 e. The van der Waals surface area contributed by atoms with E-state index in [9.17, 15) is 0 Å². The molecule has 0 bridgehead atoms. The molecule has 33 heavy (non-hydrogen) atoms. The van der Waals surface area contributed by atoms with Crippen LogP contribution in [0.1, 0.15) is 138 Å². The number of hydrogen-bond acceptors (Lipinski definition) is 2. The second-order valence-corrected chi connectivity index (χ2v) is 12.5. The van der Waals surface area contributed by atoms with Crippen molar-refractivity contribution in [2.75, 3.05) is 6.61 Å². The van der Waals surface area contributed by atoms with Gasteiger partial charge in [0.1, 0.15) is 5.75 Å². The fourth-order valence-electron chi connectivity index (χ4n) is 4.77. The summed E-state index contributed by atoms with van der Waals surface area (Å²) < 4.78 is 11.9. The van der Waals surface area contributed by atoms with Crippen LogP contribution in [0.3, 0.4) is 0 Å². The Bertz CT molecular complexity index is 597. The Morgan fingerprint density at radius 1 is 0.879 bits per heavy atom. The van der Waals surface area contributed by atoms with Crippen LogP contribution in [-0.2, 0) is 4.74 Å². The van der Waals surface area contributed by atoms with Gasteiger partial charge in [-0.05, 0) is 60.1 Å². The predicted octanol–water partition coefficient (Wildman–Crippen LogP) is 10.2. The molecule has 0 amide bonds. The normalized spacial score (nSPS) is 17.1. The van der Waals surface area contributed by atoms with E-state index >= 15 is 0 Å². The van der Waals surface area contributed by atoms with Crippen molar-refractivity contribution >= 4 is 0 Å². The lowest BCUT2D eigenvalue weighted by atomic mass is 9.69. The van der Waals surface area contributed by atoms with Crippen LogP contribution in [0.15, 0.2) is 24.3 Å². The van der Waals surface area contributed by atoms with Gasteiger partial charge in [0.05, 0.1) is 6.61 Å². The van der Waals surface area contributed by atoms with Gasteiger partial charge in [0.15, 0.2) is 6.29 Å². The second kappa shape index (κ2) is 15.1. The highest BCUT2D eigenvalue weighted by Crippen LogP contribution is 2.43. The highest BCUT2D eigenvalue weighted by atomic mass is 16.7. The summed E-state index contributed by atoms with van der Waals surface area (Å²) in [7, 11) is 0. The fraction of sp³-hybridized carbons (Fsp3) is 0.806. The van der Waals surface area contributed by atoms with Gasteiger partial charge in [-0.15, -0.1) is 0 Å². The van der Waals surface area contributed by atoms with Crippen LogP contribution in [0, 0.1) is 16.7 Å². The summed E-state index contributed by atoms with van der Waals surface area (Å²) in [4.78, 5) is 0. The van der Waals surface area contributed by atoms with Crippen molar-refractivity contribution in [3.63, 3.8) is 0 Å². The molecule has 1 fully saturated rings. The van der Waals surface area contributed by atoms with E-state index in [2.05, 4.69) is 79.7 Å². The van der Waals surface area contributed by atoms with Crippen LogP contribution >= 0.6 is 0 Å². The van der Waals surface area contributed by atoms with Gasteiger partial charge in [-0.2, -0.15) is 0 Å². The van der Waals surface area contributed by atoms with Crippen LogP contribution in [0.4, 0.5) is 0 Å². The van der Waals surface area contributed by atoms with Crippen molar-refractivity contribution in [2.24, 2.45) is 16.7 Å². The third kappa shape index (κ3) is 13.5. The van der Waals surface area contributed by atoms with Gasteiger partial charge in [-0.3, -0.25) is 0 Å². The number of ether oxygens (including phenoxy) is 2. The molecule has 2 atom stereocenters. The topological polar surface area (TPSA) is 18.5 Å². The van der Waals surface area contributed by atoms with E-state index in [-0.39, 0.29) is 11.7 Å². The standard InChI is InChI=1S/C26H44O2.C5H12/c1-20(27-18-17-21-11-9-8-10-12-21)28-23-15-13-22(14-16-23)24(26(5,6)7)19-25(2,3)4;1-3-5-4-2/h13-16,20-21,24H,8-12,17-19H2,1-7H3;3-5H2,1-2H3. The minimum absolute atomic E-state index is 0.192. The molecule has 0 radical (unpaired) electrons. The maximum Gasteiger partial charge on any atom is 0.196 e. The Labute approximate surface area is 207 Å². The smallest absolute Gasteiger partial charge is 0.196 e. The molecule has 2 nitrogen and oxygen atoms in total. The van der Waals surface area contributed by atoms with E-state index in [1.54, 1.807) is 0 Å². The molecule has 2 rings (SSSR count). The molecular weight excluding hydrogens is 404 g/mol. The molecule has 2 unspecified atom stereocenters. The lowest BCUT2D eigenvalue weighted by Gasteiger charge is -2.36. The van der Waals surface area contributed by atoms with Gasteiger partial charge >= 0.3 is 0 Å². The fourth-order valence-corrected chi connectivity index (χ4v) is 4.77. The van der Waals surface area contributed by atoms with Crippen molar-refractivity contribution in [2.45, 2.75) is 139 Å². The second-order valence-electron chi connectivity index (χ2n) is 12.5. The molecule has 0 heterocycles. The molecule has 0 aromatic heterocycles. The highest BCUT2D eigenvalue weighted by Gasteiger charge is 2.30. The highest BCUT2D eigenvalue weighted by molar-refractivity contribution is 5.30. The van der Waals surface area contributed by atoms with Crippen molar-refractivity contribution < 1.29 is 9.47 Å². The summed E-state index contributed by atoms with van der Waals surface area (Å²) in [6, 6.07) is 8.70. The first-order valence-electron chi connectivity index (χ1n) is 13.8. The van der Waals surface area contributed by atoms with Crippen LogP contribution in [0.25, 0.3) is 0 Å². The van der Waals surface area contributed by atoms with Crippen molar-refractivity contribution in [3.05, 3.63) is 29.8 Å². The van der Waals surface area contributed by atoms with Gasteiger partial charge in [-0.1, -0.05) is 119 Å². The molecule has 1 aliphatic rings. The molecule has 2 heteroatoms. The summed E-state index contributed by atoms with van der Waals surface area (Å²) in [5.74, 6) is 2.29. The third-order valence-corrected chi connectivity index (χ3v) is 6.76. The average Bonchev–Trinajstić information content (AvgIpc) is 2.73. The minimum Gasteiger partial charge on any atom is -0.465 e. The Morgan fingerprint density at radius 3 is 1.91 bits per heavy atom. The maximum absolute atomic E-state index is 6.00. The Balaban J connectivity index is 0.000000981. The van der Waals surface area contributed by atoms with E-state index in [0.29, 0.717) is 11.3 Å². The molecule has 1 saturated carbocycles. The van der Waals surface area contributed by atoms with E-state index in [1.807, 2.05) is 6.92 Å². The van der Waals surface area contributed by atoms with Crippen LogP contribution in [0.5, 0.6) is 5.75 Å². The molecule has 1 aromatic rings. The summed E-state index contributed by atoms with van der Waals surface area (Å²) in [6.07, 6.45) is 13.2. The van der Waals surface area contributed by atoms with Gasteiger partial charge in [0, 0.05) is 0 Å². The van der Waals surface area contributed by atoms with E-state index in [1.165, 1.54) is 69.8 Å². The maximum atomic E-state index is 6.00. The molecule has 1 aliphatic carbocycles. The van der Waals surface area contributed by atoms with E-state index in [0.717, 1.165) is 18.3 Å². The van der Waals surface area contributed by atoms with Gasteiger partial charge in [0.2, 0.25) is 0 Å². The zero-order chi connectivity index (χ0) is 24.9. The number of unbranched alkanes of at least 4 members (excludes halogenated alkanes) is 2. The quantitative estimate of drug-likeness (QED) is 0.323. The monoisotopic (exact) mass is 460 g/mol. The number of hydrogen-bond donors (Lipinski definition) is 0. The summed E-state index contributed by atoms with van der Waals surface area (Å²) in [5, 5.41) is 0. The lowest BCUT2D eigenvalue weighted by Crippen LogP contribution is -2.24. The Hall–Kier alpha value is -1.02. The summed E-state index contributed by atoms with van der Waals surface area (Å²) in [6.45, 7) is 21.3.